The van der Waals surface area contributed by atoms with Crippen LogP contribution in [0.15, 0.2) is 66.2 Å². The lowest BCUT2D eigenvalue weighted by Gasteiger charge is -2.40. The van der Waals surface area contributed by atoms with Gasteiger partial charge in [0.2, 0.25) is 0 Å². The van der Waals surface area contributed by atoms with Gasteiger partial charge in [0.05, 0.1) is 4.88 Å². The second-order valence-electron chi connectivity index (χ2n) is 8.88. The Bertz CT molecular complexity index is 1330. The lowest BCUT2D eigenvalue weighted by atomic mass is 10.0. The summed E-state index contributed by atoms with van der Waals surface area (Å²) in [5.41, 5.74) is 2.34. The van der Waals surface area contributed by atoms with E-state index in [0.717, 1.165) is 33.5 Å². The third kappa shape index (κ3) is 4.13. The van der Waals surface area contributed by atoms with Crippen molar-refractivity contribution in [2.24, 2.45) is 0 Å². The zero-order valence-corrected chi connectivity index (χ0v) is 20.1. The molecule has 2 aromatic carbocycles. The Hall–Kier alpha value is -3.07. The zero-order valence-electron chi connectivity index (χ0n) is 18.5. The molecule has 2 aliphatic heterocycles. The van der Waals surface area contributed by atoms with Crippen LogP contribution in [-0.2, 0) is 0 Å². The molecule has 0 aliphatic carbocycles. The molecule has 2 saturated heterocycles. The minimum absolute atomic E-state index is 0.0184. The molecule has 6 rings (SSSR count). The van der Waals surface area contributed by atoms with Crippen molar-refractivity contribution in [1.29, 1.82) is 0 Å². The molecule has 1 N–H and O–H groups in total. The van der Waals surface area contributed by atoms with Crippen molar-refractivity contribution in [2.75, 3.05) is 26.2 Å². The average molecular weight is 489 g/mol. The Morgan fingerprint density at radius 1 is 0.912 bits per heavy atom. The van der Waals surface area contributed by atoms with E-state index in [-0.39, 0.29) is 23.9 Å². The van der Waals surface area contributed by atoms with Crippen LogP contribution in [0.3, 0.4) is 0 Å². The first-order valence-electron chi connectivity index (χ1n) is 11.5. The monoisotopic (exact) mass is 488 g/mol. The highest BCUT2D eigenvalue weighted by atomic mass is 32.1. The van der Waals surface area contributed by atoms with E-state index in [1.54, 1.807) is 17.5 Å². The third-order valence-electron chi connectivity index (χ3n) is 6.57. The highest BCUT2D eigenvalue weighted by Crippen LogP contribution is 2.31. The first-order chi connectivity index (χ1) is 16.6. The molecule has 4 aromatic rings. The van der Waals surface area contributed by atoms with Gasteiger partial charge in [0, 0.05) is 54.5 Å². The summed E-state index contributed by atoms with van der Waals surface area (Å²) in [6, 6.07) is 19.3. The van der Waals surface area contributed by atoms with E-state index >= 15 is 0 Å². The van der Waals surface area contributed by atoms with Crippen molar-refractivity contribution >= 4 is 44.6 Å². The summed E-state index contributed by atoms with van der Waals surface area (Å²) in [6.45, 7) is 2.86. The summed E-state index contributed by atoms with van der Waals surface area (Å²) in [7, 11) is 0. The number of carbonyl (C=O) groups excluding carboxylic acids is 2. The van der Waals surface area contributed by atoms with Gasteiger partial charge in [0.25, 0.3) is 11.8 Å². The summed E-state index contributed by atoms with van der Waals surface area (Å²) in [5.74, 6) is 0.123. The number of fused-ring (bicyclic) bond motifs is 1. The summed E-state index contributed by atoms with van der Waals surface area (Å²) in [6.07, 6.45) is 2.60. The molecule has 0 bridgehead atoms. The minimum atomic E-state index is 0.0184. The van der Waals surface area contributed by atoms with Gasteiger partial charge in [0.1, 0.15) is 0 Å². The van der Waals surface area contributed by atoms with Crippen molar-refractivity contribution in [2.45, 2.75) is 18.5 Å². The summed E-state index contributed by atoms with van der Waals surface area (Å²) in [4.78, 5) is 34.3. The van der Waals surface area contributed by atoms with E-state index in [9.17, 15) is 9.59 Å². The van der Waals surface area contributed by atoms with Crippen LogP contribution in [0.25, 0.3) is 21.2 Å². The Morgan fingerprint density at radius 3 is 2.53 bits per heavy atom. The lowest BCUT2D eigenvalue weighted by Crippen LogP contribution is -2.61. The zero-order chi connectivity index (χ0) is 23.1. The van der Waals surface area contributed by atoms with E-state index in [1.807, 2.05) is 39.4 Å². The second kappa shape index (κ2) is 8.94. The van der Waals surface area contributed by atoms with Crippen molar-refractivity contribution < 1.29 is 9.59 Å². The molecular weight excluding hydrogens is 464 g/mol. The molecule has 0 unspecified atom stereocenters. The number of aromatic nitrogens is 1. The maximum absolute atomic E-state index is 13.1. The number of thiophene rings is 1. The summed E-state index contributed by atoms with van der Waals surface area (Å²) >= 11 is 2.95. The Kier molecular flexibility index (Phi) is 5.64. The average Bonchev–Trinajstić information content (AvgIpc) is 3.61. The van der Waals surface area contributed by atoms with Gasteiger partial charge in [-0.25, -0.2) is 4.98 Å². The summed E-state index contributed by atoms with van der Waals surface area (Å²) < 4.78 is 1.13. The highest BCUT2D eigenvalue weighted by molar-refractivity contribution is 7.20. The van der Waals surface area contributed by atoms with Crippen LogP contribution in [0, 0.1) is 0 Å². The van der Waals surface area contributed by atoms with Crippen molar-refractivity contribution in [3.05, 3.63) is 76.1 Å². The molecule has 172 valence electrons. The quantitative estimate of drug-likeness (QED) is 0.454. The standard InChI is InChI=1S/C26H24N4O2S2/c31-25(23-13-19-12-18(6-7-22(19)34-23)17-4-2-1-3-5-17)30-15-21(16-30)28-20-8-10-29(14-20)26(32)24-27-9-11-33-24/h1-7,9,11-13,20-21,28H,8,10,14-16H2/t20-/m0/s1. The fourth-order valence-electron chi connectivity index (χ4n) is 4.74. The van der Waals surface area contributed by atoms with E-state index in [4.69, 9.17) is 0 Å². The molecule has 1 atom stereocenters. The van der Waals surface area contributed by atoms with Gasteiger partial charge in [-0.1, -0.05) is 36.4 Å². The van der Waals surface area contributed by atoms with Crippen LogP contribution < -0.4 is 5.32 Å². The van der Waals surface area contributed by atoms with Gasteiger partial charge in [-0.3, -0.25) is 9.59 Å². The molecular formula is C26H24N4O2S2. The topological polar surface area (TPSA) is 65.5 Å². The third-order valence-corrected chi connectivity index (χ3v) is 8.43. The number of likely N-dealkylation sites (tertiary alicyclic amines) is 2. The molecule has 0 spiro atoms. The molecule has 4 heterocycles. The number of nitrogens with zero attached hydrogens (tertiary/aromatic N) is 3. The van der Waals surface area contributed by atoms with E-state index < -0.39 is 0 Å². The fourth-order valence-corrected chi connectivity index (χ4v) is 6.36. The first kappa shape index (κ1) is 21.5. The number of hydrogen-bond donors (Lipinski definition) is 1. The number of hydrogen-bond acceptors (Lipinski definition) is 6. The number of thiazole rings is 1. The van der Waals surface area contributed by atoms with Crippen LogP contribution in [-0.4, -0.2) is 64.9 Å². The highest BCUT2D eigenvalue weighted by Gasteiger charge is 2.35. The van der Waals surface area contributed by atoms with E-state index in [1.165, 1.54) is 16.9 Å². The van der Waals surface area contributed by atoms with Gasteiger partial charge >= 0.3 is 0 Å². The van der Waals surface area contributed by atoms with Crippen molar-refractivity contribution in [3.63, 3.8) is 0 Å². The molecule has 6 nitrogen and oxygen atoms in total. The van der Waals surface area contributed by atoms with Gasteiger partial charge in [-0.05, 0) is 41.1 Å². The first-order valence-corrected chi connectivity index (χ1v) is 13.2. The van der Waals surface area contributed by atoms with Crippen LogP contribution in [0.2, 0.25) is 0 Å². The van der Waals surface area contributed by atoms with E-state index in [2.05, 4.69) is 40.6 Å². The van der Waals surface area contributed by atoms with Crippen LogP contribution in [0.4, 0.5) is 0 Å². The molecule has 34 heavy (non-hydrogen) atoms. The molecule has 2 amide bonds. The Labute approximate surface area is 205 Å². The molecule has 2 aliphatic rings. The van der Waals surface area contributed by atoms with Crippen molar-refractivity contribution in [1.82, 2.24) is 20.1 Å². The number of nitrogens with one attached hydrogen (secondary N) is 1. The normalized spacial score (nSPS) is 18.4. The Morgan fingerprint density at radius 2 is 1.74 bits per heavy atom. The van der Waals surface area contributed by atoms with Gasteiger partial charge in [0.15, 0.2) is 5.01 Å². The lowest BCUT2D eigenvalue weighted by molar-refractivity contribution is 0.0558. The largest absolute Gasteiger partial charge is 0.335 e. The van der Waals surface area contributed by atoms with Crippen LogP contribution >= 0.6 is 22.7 Å². The smallest absolute Gasteiger partial charge is 0.282 e. The van der Waals surface area contributed by atoms with Gasteiger partial charge in [-0.15, -0.1) is 22.7 Å². The number of amides is 2. The minimum Gasteiger partial charge on any atom is -0.335 e. The summed E-state index contributed by atoms with van der Waals surface area (Å²) in [5, 5.41) is 7.13. The second-order valence-corrected chi connectivity index (χ2v) is 10.9. The number of carbonyl (C=O) groups is 2. The predicted octanol–water partition coefficient (Wildman–Crippen LogP) is 4.35. The molecule has 8 heteroatoms. The fraction of sp³-hybridized carbons (Fsp3) is 0.269. The SMILES string of the molecule is O=C(c1cc2cc(-c3ccccc3)ccc2s1)N1CC(N[C@H]2CCN(C(=O)c3nccs3)C2)C1. The molecule has 2 aromatic heterocycles. The van der Waals surface area contributed by atoms with Gasteiger partial charge < -0.3 is 15.1 Å². The number of rotatable bonds is 5. The Balaban J connectivity index is 1.04. The number of benzene rings is 2. The van der Waals surface area contributed by atoms with E-state index in [0.29, 0.717) is 24.6 Å². The molecule has 0 saturated carbocycles. The van der Waals surface area contributed by atoms with Crippen LogP contribution in [0.1, 0.15) is 25.9 Å². The van der Waals surface area contributed by atoms with Crippen molar-refractivity contribution in [3.8, 4) is 11.1 Å². The predicted molar refractivity (Wildman–Crippen MR) is 137 cm³/mol. The maximum Gasteiger partial charge on any atom is 0.282 e. The van der Waals surface area contributed by atoms with Gasteiger partial charge in [-0.2, -0.15) is 0 Å². The molecule has 2 fully saturated rings. The molecule has 0 radical (unpaired) electrons. The van der Waals surface area contributed by atoms with Crippen LogP contribution in [0.5, 0.6) is 0 Å². The maximum atomic E-state index is 13.1.